The van der Waals surface area contributed by atoms with Crippen LogP contribution in [0.4, 0.5) is 13.2 Å². The lowest BCUT2D eigenvalue weighted by molar-refractivity contribution is -0.143. The highest BCUT2D eigenvalue weighted by atomic mass is 19.2. The van der Waals surface area contributed by atoms with Crippen molar-refractivity contribution in [1.29, 1.82) is 0 Å². The zero-order valence-electron chi connectivity index (χ0n) is 12.9. The summed E-state index contributed by atoms with van der Waals surface area (Å²) < 4.78 is 44.5. The fourth-order valence-corrected chi connectivity index (χ4v) is 2.00. The molecule has 1 rings (SSSR count). The summed E-state index contributed by atoms with van der Waals surface area (Å²) in [7, 11) is 0. The van der Waals surface area contributed by atoms with E-state index in [2.05, 4.69) is 6.92 Å². The molecule has 0 aliphatic rings. The van der Waals surface area contributed by atoms with Crippen molar-refractivity contribution in [2.45, 2.75) is 52.1 Å². The predicted octanol–water partition coefficient (Wildman–Crippen LogP) is 5.02. The summed E-state index contributed by atoms with van der Waals surface area (Å²) in [6, 6.07) is 1.15. The van der Waals surface area contributed by atoms with Gasteiger partial charge in [0, 0.05) is 17.7 Å². The van der Waals surface area contributed by atoms with Gasteiger partial charge in [0.05, 0.1) is 0 Å². The van der Waals surface area contributed by atoms with Crippen molar-refractivity contribution in [3.05, 3.63) is 41.2 Å². The van der Waals surface area contributed by atoms with Crippen LogP contribution in [0.1, 0.15) is 51.5 Å². The van der Waals surface area contributed by atoms with Gasteiger partial charge < -0.3 is 4.74 Å². The molecule has 0 spiro atoms. The van der Waals surface area contributed by atoms with Crippen molar-refractivity contribution in [2.24, 2.45) is 0 Å². The molecule has 1 unspecified atom stereocenters. The van der Waals surface area contributed by atoms with E-state index < -0.39 is 23.4 Å². The van der Waals surface area contributed by atoms with E-state index in [1.165, 1.54) is 0 Å². The molecule has 0 bridgehead atoms. The molecule has 0 saturated heterocycles. The van der Waals surface area contributed by atoms with Gasteiger partial charge in [-0.3, -0.25) is 0 Å². The normalized spacial score (nSPS) is 12.6. The van der Waals surface area contributed by atoms with Crippen LogP contribution in [0.25, 0.3) is 6.08 Å². The van der Waals surface area contributed by atoms with Gasteiger partial charge >= 0.3 is 5.97 Å². The van der Waals surface area contributed by atoms with Gasteiger partial charge in [-0.05, 0) is 31.4 Å². The zero-order valence-corrected chi connectivity index (χ0v) is 12.9. The van der Waals surface area contributed by atoms with Gasteiger partial charge in [0.2, 0.25) is 0 Å². The maximum atomic E-state index is 13.4. The van der Waals surface area contributed by atoms with Crippen LogP contribution in [-0.4, -0.2) is 12.1 Å². The van der Waals surface area contributed by atoms with Gasteiger partial charge in [-0.2, -0.15) is 0 Å². The number of hydrogen-bond acceptors (Lipinski definition) is 2. The molecule has 5 heteroatoms. The average molecular weight is 314 g/mol. The number of esters is 1. The number of carbonyl (C=O) groups is 1. The molecular weight excluding hydrogens is 293 g/mol. The molecule has 0 saturated carbocycles. The smallest absolute Gasteiger partial charge is 0.331 e. The van der Waals surface area contributed by atoms with Crippen LogP contribution in [0.2, 0.25) is 0 Å². The van der Waals surface area contributed by atoms with Crippen LogP contribution in [0.15, 0.2) is 18.2 Å². The van der Waals surface area contributed by atoms with Gasteiger partial charge in [-0.1, -0.05) is 26.7 Å². The molecule has 1 atom stereocenters. The van der Waals surface area contributed by atoms with E-state index in [-0.39, 0.29) is 11.7 Å². The van der Waals surface area contributed by atoms with E-state index in [1.54, 1.807) is 0 Å². The number of unbranched alkanes of at least 4 members (excludes halogenated alkanes) is 2. The Hall–Kier alpha value is -1.78. The van der Waals surface area contributed by atoms with Crippen LogP contribution >= 0.6 is 0 Å². The fourth-order valence-electron chi connectivity index (χ4n) is 2.00. The van der Waals surface area contributed by atoms with E-state index in [0.717, 1.165) is 37.8 Å². The first-order valence-corrected chi connectivity index (χ1v) is 7.51. The van der Waals surface area contributed by atoms with Crippen molar-refractivity contribution < 1.29 is 22.7 Å². The summed E-state index contributed by atoms with van der Waals surface area (Å²) in [4.78, 5) is 11.7. The van der Waals surface area contributed by atoms with Gasteiger partial charge in [0.15, 0.2) is 11.6 Å². The number of benzene rings is 1. The standard InChI is InChI=1S/C17H21F3O2/c1-3-5-6-7-13(4-2)22-17(21)9-8-12-10-15(19)16(20)11-14(12)18/h8-11,13H,3-7H2,1-2H3/b9-8+. The van der Waals surface area contributed by atoms with Crippen molar-refractivity contribution in [2.75, 3.05) is 0 Å². The number of hydrogen-bond donors (Lipinski definition) is 0. The van der Waals surface area contributed by atoms with Crippen LogP contribution in [0.3, 0.4) is 0 Å². The molecule has 1 aromatic rings. The molecule has 0 aliphatic carbocycles. The number of carbonyl (C=O) groups excluding carboxylic acids is 1. The Bertz CT molecular complexity index is 527. The second-order valence-corrected chi connectivity index (χ2v) is 5.08. The Morgan fingerprint density at radius 1 is 1.14 bits per heavy atom. The first kappa shape index (κ1) is 18.3. The third kappa shape index (κ3) is 5.92. The Morgan fingerprint density at radius 2 is 1.82 bits per heavy atom. The van der Waals surface area contributed by atoms with Crippen molar-refractivity contribution >= 4 is 12.0 Å². The van der Waals surface area contributed by atoms with E-state index in [1.807, 2.05) is 6.92 Å². The van der Waals surface area contributed by atoms with Crippen molar-refractivity contribution in [3.63, 3.8) is 0 Å². The lowest BCUT2D eigenvalue weighted by Gasteiger charge is -2.14. The Balaban J connectivity index is 2.61. The first-order chi connectivity index (χ1) is 10.5. The Labute approximate surface area is 129 Å². The predicted molar refractivity (Wildman–Crippen MR) is 79.7 cm³/mol. The zero-order chi connectivity index (χ0) is 16.5. The van der Waals surface area contributed by atoms with Crippen LogP contribution in [-0.2, 0) is 9.53 Å². The van der Waals surface area contributed by atoms with E-state index in [4.69, 9.17) is 4.74 Å². The van der Waals surface area contributed by atoms with Crippen LogP contribution < -0.4 is 0 Å². The lowest BCUT2D eigenvalue weighted by atomic mass is 10.1. The number of ether oxygens (including phenoxy) is 1. The molecule has 0 aliphatic heterocycles. The summed E-state index contributed by atoms with van der Waals surface area (Å²) in [6.07, 6.45) is 6.54. The second-order valence-electron chi connectivity index (χ2n) is 5.08. The fraction of sp³-hybridized carbons (Fsp3) is 0.471. The van der Waals surface area contributed by atoms with Crippen LogP contribution in [0.5, 0.6) is 0 Å². The summed E-state index contributed by atoms with van der Waals surface area (Å²) in [5, 5.41) is 0. The van der Waals surface area contributed by atoms with Crippen molar-refractivity contribution in [3.8, 4) is 0 Å². The summed E-state index contributed by atoms with van der Waals surface area (Å²) in [5.41, 5.74) is -0.199. The molecule has 2 nitrogen and oxygen atoms in total. The average Bonchev–Trinajstić information content (AvgIpc) is 2.48. The molecule has 1 aromatic carbocycles. The van der Waals surface area contributed by atoms with E-state index in [0.29, 0.717) is 18.6 Å². The minimum absolute atomic E-state index is 0.182. The molecule has 22 heavy (non-hydrogen) atoms. The Morgan fingerprint density at radius 3 is 2.45 bits per heavy atom. The maximum Gasteiger partial charge on any atom is 0.331 e. The summed E-state index contributed by atoms with van der Waals surface area (Å²) in [6.45, 7) is 4.01. The lowest BCUT2D eigenvalue weighted by Crippen LogP contribution is -2.15. The molecule has 0 radical (unpaired) electrons. The Kier molecular flexibility index (Phi) is 7.71. The topological polar surface area (TPSA) is 26.3 Å². The van der Waals surface area contributed by atoms with E-state index >= 15 is 0 Å². The maximum absolute atomic E-state index is 13.4. The first-order valence-electron chi connectivity index (χ1n) is 7.51. The molecule has 0 amide bonds. The highest BCUT2D eigenvalue weighted by Gasteiger charge is 2.11. The van der Waals surface area contributed by atoms with Crippen LogP contribution in [0, 0.1) is 17.5 Å². The molecule has 0 heterocycles. The van der Waals surface area contributed by atoms with Gasteiger partial charge in [0.25, 0.3) is 0 Å². The van der Waals surface area contributed by atoms with Gasteiger partial charge in [-0.15, -0.1) is 0 Å². The SMILES string of the molecule is CCCCCC(CC)OC(=O)/C=C/c1cc(F)c(F)cc1F. The van der Waals surface area contributed by atoms with Crippen molar-refractivity contribution in [1.82, 2.24) is 0 Å². The quantitative estimate of drug-likeness (QED) is 0.291. The largest absolute Gasteiger partial charge is 0.459 e. The summed E-state index contributed by atoms with van der Waals surface area (Å²) >= 11 is 0. The summed E-state index contributed by atoms with van der Waals surface area (Å²) in [5.74, 6) is -3.98. The monoisotopic (exact) mass is 314 g/mol. The molecule has 122 valence electrons. The van der Waals surface area contributed by atoms with E-state index in [9.17, 15) is 18.0 Å². The molecule has 0 N–H and O–H groups in total. The third-order valence-corrected chi connectivity index (χ3v) is 3.31. The molecule has 0 aromatic heterocycles. The highest BCUT2D eigenvalue weighted by molar-refractivity contribution is 5.87. The molecule has 0 fully saturated rings. The third-order valence-electron chi connectivity index (χ3n) is 3.31. The number of halogens is 3. The molecular formula is C17H21F3O2. The minimum atomic E-state index is -1.26. The number of rotatable bonds is 8. The highest BCUT2D eigenvalue weighted by Crippen LogP contribution is 2.16. The van der Waals surface area contributed by atoms with Gasteiger partial charge in [-0.25, -0.2) is 18.0 Å². The second kappa shape index (κ2) is 9.28. The van der Waals surface area contributed by atoms with Gasteiger partial charge in [0.1, 0.15) is 11.9 Å². The minimum Gasteiger partial charge on any atom is -0.459 e.